The molecule has 110 valence electrons. The highest BCUT2D eigenvalue weighted by Crippen LogP contribution is 2.25. The van der Waals surface area contributed by atoms with E-state index in [1.807, 2.05) is 0 Å². The molecule has 0 radical (unpaired) electrons. The summed E-state index contributed by atoms with van der Waals surface area (Å²) in [6.07, 6.45) is 0.245. The normalized spacial score (nSPS) is 10.2. The van der Waals surface area contributed by atoms with Gasteiger partial charge >= 0.3 is 0 Å². The Balaban J connectivity index is 1.81. The van der Waals surface area contributed by atoms with Crippen molar-refractivity contribution in [3.8, 4) is 5.75 Å². The minimum atomic E-state index is -0.131. The molecule has 1 amide bonds. The summed E-state index contributed by atoms with van der Waals surface area (Å²) in [5.41, 5.74) is 6.95. The van der Waals surface area contributed by atoms with E-state index in [2.05, 4.69) is 21.2 Å². The second-order valence-electron chi connectivity index (χ2n) is 4.35. The number of amides is 1. The van der Waals surface area contributed by atoms with Crippen molar-refractivity contribution in [2.45, 2.75) is 6.42 Å². The third-order valence-corrected chi connectivity index (χ3v) is 3.87. The second kappa shape index (κ2) is 7.33. The quantitative estimate of drug-likeness (QED) is 0.780. The maximum absolute atomic E-state index is 11.8. The van der Waals surface area contributed by atoms with Crippen LogP contribution in [-0.2, 0) is 4.79 Å². The van der Waals surface area contributed by atoms with Gasteiger partial charge in [0.15, 0.2) is 0 Å². The van der Waals surface area contributed by atoms with E-state index < -0.39 is 0 Å². The largest absolute Gasteiger partial charge is 0.493 e. The zero-order valence-corrected chi connectivity index (χ0v) is 13.4. The van der Waals surface area contributed by atoms with Crippen molar-refractivity contribution in [2.24, 2.45) is 0 Å². The number of carbonyl (C=O) groups is 1. The fourth-order valence-corrected chi connectivity index (χ4v) is 2.16. The van der Waals surface area contributed by atoms with Crippen molar-refractivity contribution < 1.29 is 9.53 Å². The number of carbonyl (C=O) groups excluding carboxylic acids is 1. The molecule has 3 N–H and O–H groups in total. The van der Waals surface area contributed by atoms with Crippen molar-refractivity contribution >= 4 is 44.8 Å². The number of hydrogen-bond acceptors (Lipinski definition) is 3. The van der Waals surface area contributed by atoms with Gasteiger partial charge in [0.25, 0.3) is 0 Å². The van der Waals surface area contributed by atoms with Crippen molar-refractivity contribution in [3.63, 3.8) is 0 Å². The van der Waals surface area contributed by atoms with Gasteiger partial charge < -0.3 is 15.8 Å². The summed E-state index contributed by atoms with van der Waals surface area (Å²) in [5, 5.41) is 3.37. The summed E-state index contributed by atoms with van der Waals surface area (Å²) in [6.45, 7) is 0.282. The van der Waals surface area contributed by atoms with E-state index in [-0.39, 0.29) is 18.9 Å². The lowest BCUT2D eigenvalue weighted by Gasteiger charge is -2.08. The monoisotopic (exact) mass is 368 g/mol. The van der Waals surface area contributed by atoms with E-state index in [4.69, 9.17) is 22.1 Å². The Hall–Kier alpha value is -1.72. The molecule has 0 aliphatic carbocycles. The topological polar surface area (TPSA) is 64.3 Å². The number of benzene rings is 2. The Bertz CT molecular complexity index is 649. The average Bonchev–Trinajstić information content (AvgIpc) is 2.43. The zero-order chi connectivity index (χ0) is 15.2. The van der Waals surface area contributed by atoms with Gasteiger partial charge in [-0.1, -0.05) is 17.7 Å². The molecule has 21 heavy (non-hydrogen) atoms. The van der Waals surface area contributed by atoms with Crippen molar-refractivity contribution in [1.82, 2.24) is 0 Å². The maximum atomic E-state index is 11.8. The van der Waals surface area contributed by atoms with Gasteiger partial charge in [-0.15, -0.1) is 0 Å². The molecule has 0 unspecified atom stereocenters. The SMILES string of the molecule is Nc1cccc(OCCC(=O)Nc2ccc(Cl)c(Br)c2)c1. The Labute approximate surface area is 136 Å². The van der Waals surface area contributed by atoms with E-state index in [1.54, 1.807) is 42.5 Å². The van der Waals surface area contributed by atoms with Crippen LogP contribution in [-0.4, -0.2) is 12.5 Å². The lowest BCUT2D eigenvalue weighted by molar-refractivity contribution is -0.116. The van der Waals surface area contributed by atoms with E-state index in [9.17, 15) is 4.79 Å². The number of hydrogen-bond donors (Lipinski definition) is 2. The highest BCUT2D eigenvalue weighted by atomic mass is 79.9. The molecule has 0 saturated heterocycles. The summed E-state index contributed by atoms with van der Waals surface area (Å²) in [5.74, 6) is 0.519. The smallest absolute Gasteiger partial charge is 0.227 e. The molecule has 0 bridgehead atoms. The van der Waals surface area contributed by atoms with E-state index in [1.165, 1.54) is 0 Å². The molecule has 0 fully saturated rings. The molecule has 2 aromatic carbocycles. The molecule has 2 aromatic rings. The summed E-state index contributed by atoms with van der Waals surface area (Å²) in [4.78, 5) is 11.8. The number of rotatable bonds is 5. The van der Waals surface area contributed by atoms with E-state index in [0.717, 1.165) is 4.47 Å². The Morgan fingerprint density at radius 1 is 1.29 bits per heavy atom. The van der Waals surface area contributed by atoms with Gasteiger partial charge in [0.1, 0.15) is 5.75 Å². The molecule has 0 atom stereocenters. The van der Waals surface area contributed by atoms with Crippen LogP contribution >= 0.6 is 27.5 Å². The number of ether oxygens (including phenoxy) is 1. The lowest BCUT2D eigenvalue weighted by atomic mass is 10.3. The summed E-state index contributed by atoms with van der Waals surface area (Å²) >= 11 is 9.20. The van der Waals surface area contributed by atoms with Gasteiger partial charge in [0.05, 0.1) is 18.1 Å². The molecule has 4 nitrogen and oxygen atoms in total. The molecule has 2 rings (SSSR count). The fraction of sp³-hybridized carbons (Fsp3) is 0.133. The number of anilines is 2. The van der Waals surface area contributed by atoms with Gasteiger partial charge in [-0.05, 0) is 46.3 Å². The first-order chi connectivity index (χ1) is 10.0. The maximum Gasteiger partial charge on any atom is 0.227 e. The molecular formula is C15H14BrClN2O2. The van der Waals surface area contributed by atoms with Crippen LogP contribution in [0.15, 0.2) is 46.9 Å². The summed E-state index contributed by atoms with van der Waals surface area (Å²) in [7, 11) is 0. The predicted molar refractivity (Wildman–Crippen MR) is 88.7 cm³/mol. The van der Waals surface area contributed by atoms with E-state index >= 15 is 0 Å². The van der Waals surface area contributed by atoms with Crippen LogP contribution in [0, 0.1) is 0 Å². The predicted octanol–water partition coefficient (Wildman–Crippen LogP) is 4.09. The average molecular weight is 370 g/mol. The number of nitrogens with one attached hydrogen (secondary N) is 1. The van der Waals surface area contributed by atoms with Gasteiger partial charge in [-0.3, -0.25) is 4.79 Å². The fourth-order valence-electron chi connectivity index (χ4n) is 1.66. The molecule has 0 aliphatic heterocycles. The highest BCUT2D eigenvalue weighted by Gasteiger charge is 2.05. The standard InChI is InChI=1S/C15H14BrClN2O2/c16-13-9-11(4-5-14(13)17)19-15(20)6-7-21-12-3-1-2-10(18)8-12/h1-5,8-9H,6-7,18H2,(H,19,20). The summed E-state index contributed by atoms with van der Waals surface area (Å²) in [6, 6.07) is 12.3. The third-order valence-electron chi connectivity index (χ3n) is 2.66. The molecule has 0 aliphatic rings. The molecule has 6 heteroatoms. The number of nitrogens with two attached hydrogens (primary N) is 1. The van der Waals surface area contributed by atoms with Crippen molar-refractivity contribution in [1.29, 1.82) is 0 Å². The Kier molecular flexibility index (Phi) is 5.47. The van der Waals surface area contributed by atoms with Crippen LogP contribution in [0.4, 0.5) is 11.4 Å². The Morgan fingerprint density at radius 2 is 2.10 bits per heavy atom. The van der Waals surface area contributed by atoms with Crippen LogP contribution < -0.4 is 15.8 Å². The van der Waals surface area contributed by atoms with Crippen LogP contribution in [0.5, 0.6) is 5.75 Å². The lowest BCUT2D eigenvalue weighted by Crippen LogP contribution is -2.15. The van der Waals surface area contributed by atoms with Gasteiger partial charge in [0.2, 0.25) is 5.91 Å². The first-order valence-electron chi connectivity index (χ1n) is 6.28. The van der Waals surface area contributed by atoms with Crippen molar-refractivity contribution in [3.05, 3.63) is 52.0 Å². The molecule has 0 spiro atoms. The third kappa shape index (κ3) is 4.95. The summed E-state index contributed by atoms with van der Waals surface area (Å²) < 4.78 is 6.20. The van der Waals surface area contributed by atoms with E-state index in [0.29, 0.717) is 22.1 Å². The highest BCUT2D eigenvalue weighted by molar-refractivity contribution is 9.10. The first kappa shape index (κ1) is 15.7. The van der Waals surface area contributed by atoms with Crippen LogP contribution in [0.1, 0.15) is 6.42 Å². The first-order valence-corrected chi connectivity index (χ1v) is 7.45. The van der Waals surface area contributed by atoms with Gasteiger partial charge in [-0.2, -0.15) is 0 Å². The minimum Gasteiger partial charge on any atom is -0.493 e. The zero-order valence-electron chi connectivity index (χ0n) is 11.1. The Morgan fingerprint density at radius 3 is 2.81 bits per heavy atom. The molecular weight excluding hydrogens is 356 g/mol. The molecule has 0 saturated carbocycles. The van der Waals surface area contributed by atoms with Gasteiger partial charge in [-0.25, -0.2) is 0 Å². The second-order valence-corrected chi connectivity index (χ2v) is 5.61. The number of nitrogen functional groups attached to an aromatic ring is 1. The van der Waals surface area contributed by atoms with Gasteiger partial charge in [0, 0.05) is 21.9 Å². The van der Waals surface area contributed by atoms with Crippen LogP contribution in [0.25, 0.3) is 0 Å². The van der Waals surface area contributed by atoms with Crippen LogP contribution in [0.3, 0.4) is 0 Å². The minimum absolute atomic E-state index is 0.131. The van der Waals surface area contributed by atoms with Crippen molar-refractivity contribution in [2.75, 3.05) is 17.7 Å². The molecule has 0 heterocycles. The molecule has 0 aromatic heterocycles. The number of halogens is 2. The van der Waals surface area contributed by atoms with Crippen LogP contribution in [0.2, 0.25) is 5.02 Å².